The highest BCUT2D eigenvalue weighted by Gasteiger charge is 2.27. The first-order chi connectivity index (χ1) is 12.4. The fourth-order valence-corrected chi connectivity index (χ4v) is 4.67. The highest BCUT2D eigenvalue weighted by Crippen LogP contribution is 2.23. The number of amides is 1. The number of sulfonamides is 1. The molecule has 3 rings (SSSR count). The van der Waals surface area contributed by atoms with Crippen LogP contribution in [-0.2, 0) is 10.0 Å². The Balaban J connectivity index is 1.87. The Labute approximate surface area is 161 Å². The quantitative estimate of drug-likeness (QED) is 0.792. The molecule has 0 radical (unpaired) electrons. The normalized spacial score (nSPS) is 15.6. The maximum Gasteiger partial charge on any atom is 0.257 e. The SMILES string of the molecule is Cc1ccc(S(=O)(=O)N2CCCCC2)cc1C(=O)Nc1ccc(Br)cn1. The van der Waals surface area contributed by atoms with Crippen molar-refractivity contribution in [2.75, 3.05) is 18.4 Å². The molecule has 0 saturated carbocycles. The van der Waals surface area contributed by atoms with Gasteiger partial charge in [-0.25, -0.2) is 13.4 Å². The third-order valence-corrected chi connectivity index (χ3v) is 6.74. The minimum absolute atomic E-state index is 0.152. The number of aromatic nitrogens is 1. The van der Waals surface area contributed by atoms with Gasteiger partial charge >= 0.3 is 0 Å². The van der Waals surface area contributed by atoms with Gasteiger partial charge in [-0.2, -0.15) is 4.31 Å². The highest BCUT2D eigenvalue weighted by atomic mass is 79.9. The number of benzene rings is 1. The van der Waals surface area contributed by atoms with Crippen LogP contribution >= 0.6 is 15.9 Å². The van der Waals surface area contributed by atoms with Crippen molar-refractivity contribution in [1.82, 2.24) is 9.29 Å². The van der Waals surface area contributed by atoms with Gasteiger partial charge in [-0.1, -0.05) is 12.5 Å². The smallest absolute Gasteiger partial charge is 0.257 e. The molecule has 0 atom stereocenters. The van der Waals surface area contributed by atoms with Crippen LogP contribution < -0.4 is 5.32 Å². The largest absolute Gasteiger partial charge is 0.307 e. The van der Waals surface area contributed by atoms with Crippen molar-refractivity contribution >= 4 is 37.7 Å². The van der Waals surface area contributed by atoms with Crippen LogP contribution in [0.4, 0.5) is 5.82 Å². The van der Waals surface area contributed by atoms with E-state index >= 15 is 0 Å². The molecule has 0 bridgehead atoms. The molecule has 1 aliphatic rings. The summed E-state index contributed by atoms with van der Waals surface area (Å²) in [4.78, 5) is 16.9. The van der Waals surface area contributed by atoms with Crippen LogP contribution in [0.15, 0.2) is 45.9 Å². The fraction of sp³-hybridized carbons (Fsp3) is 0.333. The van der Waals surface area contributed by atoms with Gasteiger partial charge in [-0.05, 0) is 65.5 Å². The van der Waals surface area contributed by atoms with E-state index < -0.39 is 10.0 Å². The lowest BCUT2D eigenvalue weighted by Crippen LogP contribution is -2.35. The Kier molecular flexibility index (Phi) is 5.74. The number of halogens is 1. The van der Waals surface area contributed by atoms with Crippen molar-refractivity contribution in [2.45, 2.75) is 31.1 Å². The van der Waals surface area contributed by atoms with Crippen LogP contribution in [-0.4, -0.2) is 36.7 Å². The molecule has 1 aromatic heterocycles. The molecule has 8 heteroatoms. The average Bonchev–Trinajstić information content (AvgIpc) is 2.64. The molecule has 138 valence electrons. The molecular weight excluding hydrogens is 418 g/mol. The van der Waals surface area contributed by atoms with Crippen molar-refractivity contribution in [2.24, 2.45) is 0 Å². The summed E-state index contributed by atoms with van der Waals surface area (Å²) in [5.41, 5.74) is 1.03. The lowest BCUT2D eigenvalue weighted by Gasteiger charge is -2.26. The molecule has 1 aromatic carbocycles. The minimum atomic E-state index is -3.58. The average molecular weight is 438 g/mol. The zero-order valence-electron chi connectivity index (χ0n) is 14.4. The number of carbonyl (C=O) groups is 1. The van der Waals surface area contributed by atoms with Crippen LogP contribution in [0, 0.1) is 6.92 Å². The van der Waals surface area contributed by atoms with Crippen LogP contribution in [0.2, 0.25) is 0 Å². The molecule has 0 unspecified atom stereocenters. The summed E-state index contributed by atoms with van der Waals surface area (Å²) in [6, 6.07) is 8.13. The van der Waals surface area contributed by atoms with Gasteiger partial charge in [-0.3, -0.25) is 4.79 Å². The number of carbonyl (C=O) groups excluding carboxylic acids is 1. The number of piperidine rings is 1. The molecule has 26 heavy (non-hydrogen) atoms. The Bertz CT molecular complexity index is 908. The monoisotopic (exact) mass is 437 g/mol. The highest BCUT2D eigenvalue weighted by molar-refractivity contribution is 9.10. The number of pyridine rings is 1. The van der Waals surface area contributed by atoms with Crippen molar-refractivity contribution in [3.05, 3.63) is 52.1 Å². The zero-order chi connectivity index (χ0) is 18.7. The van der Waals surface area contributed by atoms with E-state index in [1.807, 2.05) is 0 Å². The number of rotatable bonds is 4. The van der Waals surface area contributed by atoms with Gasteiger partial charge in [0.15, 0.2) is 0 Å². The summed E-state index contributed by atoms with van der Waals surface area (Å²) in [6.45, 7) is 2.84. The van der Waals surface area contributed by atoms with E-state index in [0.29, 0.717) is 30.0 Å². The van der Waals surface area contributed by atoms with Crippen LogP contribution in [0.25, 0.3) is 0 Å². The summed E-state index contributed by atoms with van der Waals surface area (Å²) in [5, 5.41) is 2.71. The van der Waals surface area contributed by atoms with Crippen molar-refractivity contribution in [3.8, 4) is 0 Å². The molecule has 2 heterocycles. The molecule has 1 aliphatic heterocycles. The number of nitrogens with one attached hydrogen (secondary N) is 1. The van der Waals surface area contributed by atoms with Gasteiger partial charge in [0.05, 0.1) is 4.90 Å². The molecule has 6 nitrogen and oxygen atoms in total. The standard InChI is InChI=1S/C18H20BrN3O3S/c1-13-5-7-15(26(24,25)22-9-3-2-4-10-22)11-16(13)18(23)21-17-8-6-14(19)12-20-17/h5-8,11-12H,2-4,9-10H2,1H3,(H,20,21,23). The number of hydrogen-bond acceptors (Lipinski definition) is 4. The molecule has 2 aromatic rings. The molecule has 1 saturated heterocycles. The first-order valence-electron chi connectivity index (χ1n) is 8.41. The van der Waals surface area contributed by atoms with Gasteiger partial charge in [0.25, 0.3) is 5.91 Å². The minimum Gasteiger partial charge on any atom is -0.307 e. The molecule has 1 N–H and O–H groups in total. The van der Waals surface area contributed by atoms with E-state index in [-0.39, 0.29) is 10.8 Å². The van der Waals surface area contributed by atoms with E-state index in [9.17, 15) is 13.2 Å². The van der Waals surface area contributed by atoms with E-state index in [4.69, 9.17) is 0 Å². The molecule has 0 aliphatic carbocycles. The van der Waals surface area contributed by atoms with Gasteiger partial charge in [0.1, 0.15) is 5.82 Å². The first kappa shape index (κ1) is 19.0. The molecular formula is C18H20BrN3O3S. The Morgan fingerprint density at radius 3 is 2.54 bits per heavy atom. The summed E-state index contributed by atoms with van der Waals surface area (Å²) < 4.78 is 28.0. The van der Waals surface area contributed by atoms with E-state index in [0.717, 1.165) is 23.7 Å². The van der Waals surface area contributed by atoms with Gasteiger partial charge in [0, 0.05) is 29.3 Å². The van der Waals surface area contributed by atoms with Crippen LogP contribution in [0.3, 0.4) is 0 Å². The Morgan fingerprint density at radius 2 is 1.88 bits per heavy atom. The lowest BCUT2D eigenvalue weighted by molar-refractivity contribution is 0.102. The van der Waals surface area contributed by atoms with Gasteiger partial charge < -0.3 is 5.32 Å². The predicted molar refractivity (Wildman–Crippen MR) is 104 cm³/mol. The third-order valence-electron chi connectivity index (χ3n) is 4.38. The number of anilines is 1. The summed E-state index contributed by atoms with van der Waals surface area (Å²) >= 11 is 3.29. The second-order valence-electron chi connectivity index (χ2n) is 6.26. The Hall–Kier alpha value is -1.77. The number of aryl methyl sites for hydroxylation is 1. The topological polar surface area (TPSA) is 79.4 Å². The maximum absolute atomic E-state index is 12.8. The summed E-state index contributed by atoms with van der Waals surface area (Å²) in [5.74, 6) is 0.0231. The van der Waals surface area contributed by atoms with Gasteiger partial charge in [-0.15, -0.1) is 0 Å². The Morgan fingerprint density at radius 1 is 1.15 bits per heavy atom. The van der Waals surface area contributed by atoms with Crippen LogP contribution in [0.1, 0.15) is 35.2 Å². The van der Waals surface area contributed by atoms with Crippen molar-refractivity contribution in [1.29, 1.82) is 0 Å². The molecule has 0 spiro atoms. The second-order valence-corrected chi connectivity index (χ2v) is 9.11. The van der Waals surface area contributed by atoms with Crippen LogP contribution in [0.5, 0.6) is 0 Å². The third kappa shape index (κ3) is 4.13. The van der Waals surface area contributed by atoms with Crippen molar-refractivity contribution < 1.29 is 13.2 Å². The maximum atomic E-state index is 12.8. The van der Waals surface area contributed by atoms with Crippen molar-refractivity contribution in [3.63, 3.8) is 0 Å². The van der Waals surface area contributed by atoms with E-state index in [1.165, 1.54) is 10.4 Å². The fourth-order valence-electron chi connectivity index (χ4n) is 2.89. The number of nitrogens with zero attached hydrogens (tertiary/aromatic N) is 2. The first-order valence-corrected chi connectivity index (χ1v) is 10.6. The summed E-state index contributed by atoms with van der Waals surface area (Å²) in [6.07, 6.45) is 4.37. The van der Waals surface area contributed by atoms with E-state index in [2.05, 4.69) is 26.2 Å². The zero-order valence-corrected chi connectivity index (χ0v) is 16.8. The summed E-state index contributed by atoms with van der Waals surface area (Å²) in [7, 11) is -3.58. The molecule has 1 amide bonds. The lowest BCUT2D eigenvalue weighted by atomic mass is 10.1. The van der Waals surface area contributed by atoms with E-state index in [1.54, 1.807) is 37.4 Å². The molecule has 1 fully saturated rings. The van der Waals surface area contributed by atoms with Gasteiger partial charge in [0.2, 0.25) is 10.0 Å². The number of hydrogen-bond donors (Lipinski definition) is 1. The predicted octanol–water partition coefficient (Wildman–Crippen LogP) is 3.58. The second kappa shape index (κ2) is 7.85.